The Bertz CT molecular complexity index is 626. The molecule has 0 bridgehead atoms. The van der Waals surface area contributed by atoms with E-state index in [1.54, 1.807) is 12.1 Å². The first-order valence-electron chi connectivity index (χ1n) is 5.94. The summed E-state index contributed by atoms with van der Waals surface area (Å²) in [6, 6.07) is 14.8. The Balaban J connectivity index is 0. The summed E-state index contributed by atoms with van der Waals surface area (Å²) in [5.41, 5.74) is 2.16. The second-order valence-electron chi connectivity index (χ2n) is 4.46. The van der Waals surface area contributed by atoms with E-state index in [9.17, 15) is 4.57 Å². The van der Waals surface area contributed by atoms with Gasteiger partial charge in [-0.15, -0.1) is 9.24 Å². The minimum Gasteiger partial charge on any atom is -0.412 e. The van der Waals surface area contributed by atoms with E-state index in [0.29, 0.717) is 0 Å². The Labute approximate surface area is 131 Å². The van der Waals surface area contributed by atoms with E-state index >= 15 is 0 Å². The Morgan fingerprint density at radius 2 is 1.36 bits per heavy atom. The lowest BCUT2D eigenvalue weighted by Crippen LogP contribution is -2.05. The third-order valence-corrected chi connectivity index (χ3v) is 4.21. The highest BCUT2D eigenvalue weighted by Gasteiger charge is 2.16. The zero-order valence-corrected chi connectivity index (χ0v) is 13.9. The van der Waals surface area contributed by atoms with E-state index in [4.69, 9.17) is 9.79 Å². The molecule has 0 aromatic heterocycles. The standard InChI is InChI=1S/C14H16O3P2.3H2O/c15-19(16,17)14-6-2-4-12(10-14)8-7-11-3-1-5-13(18)9-11;;;/h1-6,9-10H,7-8,18H2,(H2,15,16,17);3*1H2. The maximum Gasteiger partial charge on any atom is 0.356 e. The van der Waals surface area contributed by atoms with Crippen LogP contribution in [0.4, 0.5) is 0 Å². The summed E-state index contributed by atoms with van der Waals surface area (Å²) in [6.45, 7) is 0. The van der Waals surface area contributed by atoms with E-state index < -0.39 is 7.60 Å². The third kappa shape index (κ3) is 6.77. The smallest absolute Gasteiger partial charge is 0.356 e. The zero-order valence-electron chi connectivity index (χ0n) is 11.9. The molecule has 6 nitrogen and oxygen atoms in total. The van der Waals surface area contributed by atoms with Gasteiger partial charge in [0.1, 0.15) is 0 Å². The first-order chi connectivity index (χ1) is 8.95. The number of rotatable bonds is 4. The molecule has 0 amide bonds. The molecule has 2 aromatic carbocycles. The summed E-state index contributed by atoms with van der Waals surface area (Å²) in [6.07, 6.45) is 1.62. The molecule has 8 heteroatoms. The van der Waals surface area contributed by atoms with Crippen molar-refractivity contribution in [3.8, 4) is 0 Å². The van der Waals surface area contributed by atoms with Gasteiger partial charge in [0.15, 0.2) is 0 Å². The average Bonchev–Trinajstić information content (AvgIpc) is 2.36. The molecule has 22 heavy (non-hydrogen) atoms. The molecule has 0 aliphatic carbocycles. The largest absolute Gasteiger partial charge is 0.412 e. The van der Waals surface area contributed by atoms with Crippen molar-refractivity contribution in [2.24, 2.45) is 0 Å². The van der Waals surface area contributed by atoms with Crippen molar-refractivity contribution in [2.45, 2.75) is 12.8 Å². The van der Waals surface area contributed by atoms with Crippen LogP contribution in [0.5, 0.6) is 0 Å². The predicted molar refractivity (Wildman–Crippen MR) is 92.2 cm³/mol. The van der Waals surface area contributed by atoms with Crippen LogP contribution in [-0.4, -0.2) is 26.2 Å². The average molecular weight is 348 g/mol. The van der Waals surface area contributed by atoms with E-state index in [2.05, 4.69) is 21.4 Å². The van der Waals surface area contributed by atoms with Gasteiger partial charge in [-0.1, -0.05) is 36.4 Å². The van der Waals surface area contributed by atoms with Crippen LogP contribution in [0.2, 0.25) is 0 Å². The van der Waals surface area contributed by atoms with Gasteiger partial charge in [0.05, 0.1) is 5.30 Å². The van der Waals surface area contributed by atoms with Gasteiger partial charge in [-0.25, -0.2) is 0 Å². The van der Waals surface area contributed by atoms with Crippen LogP contribution in [0.25, 0.3) is 0 Å². The fourth-order valence-corrected chi connectivity index (χ4v) is 2.87. The molecule has 0 saturated carbocycles. The fourth-order valence-electron chi connectivity index (χ4n) is 1.93. The van der Waals surface area contributed by atoms with Gasteiger partial charge in [0.25, 0.3) is 0 Å². The van der Waals surface area contributed by atoms with Crippen LogP contribution in [0.1, 0.15) is 11.1 Å². The Kier molecular flexibility index (Phi) is 10.3. The minimum absolute atomic E-state index is 0. The summed E-state index contributed by atoms with van der Waals surface area (Å²) in [5, 5.41) is 1.23. The second-order valence-corrected chi connectivity index (χ2v) is 6.73. The normalized spacial score (nSPS) is 9.95. The lowest BCUT2D eigenvalue weighted by atomic mass is 10.0. The van der Waals surface area contributed by atoms with Gasteiger partial charge >= 0.3 is 7.60 Å². The number of hydrogen-bond acceptors (Lipinski definition) is 1. The summed E-state index contributed by atoms with van der Waals surface area (Å²) < 4.78 is 11.2. The van der Waals surface area contributed by atoms with E-state index in [0.717, 1.165) is 23.7 Å². The number of aryl methyl sites for hydroxylation is 2. The molecule has 0 saturated heterocycles. The molecule has 0 spiro atoms. The predicted octanol–water partition coefficient (Wildman–Crippen LogP) is -0.699. The maximum atomic E-state index is 11.2. The Hall–Kier alpha value is -1.10. The quantitative estimate of drug-likeness (QED) is 0.703. The molecule has 2 rings (SSSR count). The van der Waals surface area contributed by atoms with Crippen LogP contribution in [0, 0.1) is 0 Å². The van der Waals surface area contributed by atoms with Gasteiger partial charge in [-0.2, -0.15) is 0 Å². The first-order valence-corrected chi connectivity index (χ1v) is 8.13. The third-order valence-electron chi connectivity index (χ3n) is 2.90. The highest BCUT2D eigenvalue weighted by molar-refractivity contribution is 7.60. The summed E-state index contributed by atoms with van der Waals surface area (Å²) >= 11 is 0. The monoisotopic (exact) mass is 348 g/mol. The summed E-state index contributed by atoms with van der Waals surface area (Å²) in [7, 11) is -1.49. The minimum atomic E-state index is -4.15. The van der Waals surface area contributed by atoms with E-state index in [-0.39, 0.29) is 21.7 Å². The lowest BCUT2D eigenvalue weighted by molar-refractivity contribution is 0.387. The number of benzene rings is 2. The van der Waals surface area contributed by atoms with E-state index in [1.165, 1.54) is 11.6 Å². The van der Waals surface area contributed by atoms with Gasteiger partial charge in [-0.3, -0.25) is 4.57 Å². The topological polar surface area (TPSA) is 152 Å². The molecule has 0 aliphatic rings. The SMILES string of the molecule is O.O.O.O=P(O)(O)c1cccc(CCc2cccc(P)c2)c1. The summed E-state index contributed by atoms with van der Waals surface area (Å²) in [4.78, 5) is 18.3. The fraction of sp³-hybridized carbons (Fsp3) is 0.143. The molecule has 0 fully saturated rings. The first kappa shape index (κ1) is 23.2. The molecule has 8 N–H and O–H groups in total. The van der Waals surface area contributed by atoms with Crippen molar-refractivity contribution in [1.29, 1.82) is 0 Å². The van der Waals surface area contributed by atoms with Gasteiger partial charge in [-0.05, 0) is 41.4 Å². The molecule has 0 heterocycles. The molecule has 2 aromatic rings. The number of hydrogen-bond donors (Lipinski definition) is 2. The molecule has 0 radical (unpaired) electrons. The van der Waals surface area contributed by atoms with Crippen molar-refractivity contribution in [2.75, 3.05) is 0 Å². The van der Waals surface area contributed by atoms with E-state index in [1.807, 2.05) is 18.2 Å². The maximum absolute atomic E-state index is 11.2. The van der Waals surface area contributed by atoms with Crippen molar-refractivity contribution >= 4 is 27.4 Å². The lowest BCUT2D eigenvalue weighted by Gasteiger charge is -2.07. The van der Waals surface area contributed by atoms with Crippen LogP contribution in [0.15, 0.2) is 48.5 Å². The molecular formula is C14H22O6P2. The highest BCUT2D eigenvalue weighted by atomic mass is 31.2. The van der Waals surface area contributed by atoms with Crippen molar-refractivity contribution < 1.29 is 30.8 Å². The van der Waals surface area contributed by atoms with Crippen molar-refractivity contribution in [3.05, 3.63) is 59.7 Å². The molecular weight excluding hydrogens is 326 g/mol. The molecule has 1 unspecified atom stereocenters. The van der Waals surface area contributed by atoms with Crippen molar-refractivity contribution in [1.82, 2.24) is 0 Å². The van der Waals surface area contributed by atoms with Crippen molar-refractivity contribution in [3.63, 3.8) is 0 Å². The Morgan fingerprint density at radius 1 is 0.864 bits per heavy atom. The van der Waals surface area contributed by atoms with Crippen LogP contribution >= 0.6 is 16.8 Å². The zero-order chi connectivity index (χ0) is 13.9. The highest BCUT2D eigenvalue weighted by Crippen LogP contribution is 2.33. The molecule has 124 valence electrons. The van der Waals surface area contributed by atoms with Gasteiger partial charge in [0.2, 0.25) is 0 Å². The van der Waals surface area contributed by atoms with Crippen LogP contribution in [-0.2, 0) is 17.4 Å². The molecule has 0 aliphatic heterocycles. The van der Waals surface area contributed by atoms with Gasteiger partial charge in [0, 0.05) is 0 Å². The van der Waals surface area contributed by atoms with Crippen LogP contribution in [0.3, 0.4) is 0 Å². The van der Waals surface area contributed by atoms with Crippen LogP contribution < -0.4 is 10.6 Å². The molecule has 1 atom stereocenters. The second kappa shape index (κ2) is 9.82. The van der Waals surface area contributed by atoms with Gasteiger partial charge < -0.3 is 26.2 Å². The summed E-state index contributed by atoms with van der Waals surface area (Å²) in [5.74, 6) is 0. The Morgan fingerprint density at radius 3 is 1.86 bits per heavy atom.